The van der Waals surface area contributed by atoms with Gasteiger partial charge in [-0.3, -0.25) is 0 Å². The molecule has 2 rings (SSSR count). The fraction of sp³-hybridized carbons (Fsp3) is 1.00. The molecule has 2 fully saturated rings. The van der Waals surface area contributed by atoms with Crippen molar-refractivity contribution >= 4 is 0 Å². The van der Waals surface area contributed by atoms with Gasteiger partial charge in [-0.1, -0.05) is 0 Å². The molecule has 10 heavy (non-hydrogen) atoms. The molecule has 2 unspecified atom stereocenters. The first-order valence-corrected chi connectivity index (χ1v) is 3.31. The van der Waals surface area contributed by atoms with E-state index in [1.165, 1.54) is 0 Å². The molecule has 0 aromatic heterocycles. The Morgan fingerprint density at radius 3 is 2.60 bits per heavy atom. The highest BCUT2D eigenvalue weighted by atomic mass is 16.8. The minimum atomic E-state index is -0.262. The second kappa shape index (κ2) is 2.17. The molecule has 0 aromatic carbocycles. The molecule has 0 amide bonds. The first kappa shape index (κ1) is 6.54. The van der Waals surface area contributed by atoms with Gasteiger partial charge in [-0.2, -0.15) is 0 Å². The Kier molecular flexibility index (Phi) is 1.42. The van der Waals surface area contributed by atoms with Gasteiger partial charge in [0.2, 0.25) is 0 Å². The van der Waals surface area contributed by atoms with Crippen molar-refractivity contribution in [2.24, 2.45) is 0 Å². The molecule has 0 radical (unpaired) electrons. The van der Waals surface area contributed by atoms with E-state index < -0.39 is 0 Å². The molecule has 1 N–H and O–H groups in total. The molecule has 0 aromatic rings. The molecule has 4 atom stereocenters. The normalized spacial score (nSPS) is 51.0. The van der Waals surface area contributed by atoms with E-state index in [1.54, 1.807) is 7.11 Å². The van der Waals surface area contributed by atoms with E-state index in [4.69, 9.17) is 19.3 Å². The van der Waals surface area contributed by atoms with Crippen molar-refractivity contribution in [3.63, 3.8) is 0 Å². The molecule has 58 valence electrons. The molecule has 0 spiro atoms. The largest absolute Gasteiger partial charge is 0.394 e. The first-order chi connectivity index (χ1) is 4.86. The van der Waals surface area contributed by atoms with Crippen LogP contribution in [0.3, 0.4) is 0 Å². The Labute approximate surface area is 58.7 Å². The van der Waals surface area contributed by atoms with E-state index in [2.05, 4.69) is 0 Å². The molecule has 2 saturated heterocycles. The van der Waals surface area contributed by atoms with Crippen molar-refractivity contribution in [1.82, 2.24) is 0 Å². The van der Waals surface area contributed by atoms with E-state index in [0.29, 0.717) is 0 Å². The number of aliphatic hydroxyl groups is 1. The summed E-state index contributed by atoms with van der Waals surface area (Å²) in [4.78, 5) is 0. The minimum absolute atomic E-state index is 0.0149. The van der Waals surface area contributed by atoms with Crippen LogP contribution in [0.2, 0.25) is 0 Å². The van der Waals surface area contributed by atoms with Gasteiger partial charge in [0, 0.05) is 7.11 Å². The highest BCUT2D eigenvalue weighted by molar-refractivity contribution is 4.99. The summed E-state index contributed by atoms with van der Waals surface area (Å²) >= 11 is 0. The topological polar surface area (TPSA) is 51.2 Å². The van der Waals surface area contributed by atoms with Gasteiger partial charge >= 0.3 is 0 Å². The lowest BCUT2D eigenvalue weighted by molar-refractivity contribution is -0.166. The van der Waals surface area contributed by atoms with Crippen LogP contribution in [-0.2, 0) is 14.2 Å². The zero-order chi connectivity index (χ0) is 7.14. The summed E-state index contributed by atoms with van der Waals surface area (Å²) in [5, 5.41) is 8.72. The van der Waals surface area contributed by atoms with Gasteiger partial charge in [0.25, 0.3) is 0 Å². The third-order valence-electron chi connectivity index (χ3n) is 1.92. The Hall–Kier alpha value is -0.160. The van der Waals surface area contributed by atoms with E-state index in [-0.39, 0.29) is 31.2 Å². The first-order valence-electron chi connectivity index (χ1n) is 3.31. The van der Waals surface area contributed by atoms with Crippen LogP contribution < -0.4 is 0 Å². The minimum Gasteiger partial charge on any atom is -0.394 e. The monoisotopic (exact) mass is 146 g/mol. The van der Waals surface area contributed by atoms with Gasteiger partial charge in [-0.05, 0) is 0 Å². The quantitative estimate of drug-likeness (QED) is 0.514. The van der Waals surface area contributed by atoms with Crippen LogP contribution in [0.5, 0.6) is 0 Å². The number of epoxide rings is 1. The fourth-order valence-corrected chi connectivity index (χ4v) is 1.32. The predicted molar refractivity (Wildman–Crippen MR) is 31.4 cm³/mol. The summed E-state index contributed by atoms with van der Waals surface area (Å²) in [6.07, 6.45) is -0.283. The van der Waals surface area contributed by atoms with E-state index in [9.17, 15) is 0 Å². The fourth-order valence-electron chi connectivity index (χ4n) is 1.32. The second-order valence-corrected chi connectivity index (χ2v) is 2.53. The number of hydrogen-bond donors (Lipinski definition) is 1. The molecule has 2 aliphatic rings. The maximum atomic E-state index is 8.72. The number of rotatable bonds is 2. The Morgan fingerprint density at radius 2 is 2.20 bits per heavy atom. The van der Waals surface area contributed by atoms with Crippen molar-refractivity contribution in [1.29, 1.82) is 0 Å². The summed E-state index contributed by atoms with van der Waals surface area (Å²) in [6, 6.07) is 0. The Bertz CT molecular complexity index is 124. The molecule has 0 aliphatic carbocycles. The average Bonchev–Trinajstić information content (AvgIpc) is 2.67. The standard InChI is InChI=1S/C6H10O4/c1-8-6-5-4(10-5)3(2-7)9-6/h3-7H,2H2,1H3/t3-,4?,5?,6+/m1/s1. The van der Waals surface area contributed by atoms with E-state index in [1.807, 2.05) is 0 Å². The second-order valence-electron chi connectivity index (χ2n) is 2.53. The van der Waals surface area contributed by atoms with Gasteiger partial charge < -0.3 is 19.3 Å². The molecule has 2 aliphatic heterocycles. The Morgan fingerprint density at radius 1 is 1.40 bits per heavy atom. The van der Waals surface area contributed by atoms with Crippen molar-refractivity contribution in [2.45, 2.75) is 24.6 Å². The van der Waals surface area contributed by atoms with Crippen LogP contribution in [0.4, 0.5) is 0 Å². The van der Waals surface area contributed by atoms with Gasteiger partial charge in [0.05, 0.1) is 6.61 Å². The van der Waals surface area contributed by atoms with Crippen molar-refractivity contribution < 1.29 is 19.3 Å². The van der Waals surface area contributed by atoms with Crippen molar-refractivity contribution in [3.05, 3.63) is 0 Å². The lowest BCUT2D eigenvalue weighted by Gasteiger charge is -2.13. The average molecular weight is 146 g/mol. The van der Waals surface area contributed by atoms with E-state index in [0.717, 1.165) is 0 Å². The maximum absolute atomic E-state index is 8.72. The predicted octanol–water partition coefficient (Wildman–Crippen LogP) is -0.883. The molecule has 2 heterocycles. The molecular formula is C6H10O4. The summed E-state index contributed by atoms with van der Waals surface area (Å²) in [6.45, 7) is 0.0149. The van der Waals surface area contributed by atoms with Crippen molar-refractivity contribution in [2.75, 3.05) is 13.7 Å². The number of fused-ring (bicyclic) bond motifs is 1. The summed E-state index contributed by atoms with van der Waals surface area (Å²) in [7, 11) is 1.57. The lowest BCUT2D eigenvalue weighted by atomic mass is 10.2. The van der Waals surface area contributed by atoms with Crippen LogP contribution in [0.25, 0.3) is 0 Å². The number of hydrogen-bond acceptors (Lipinski definition) is 4. The van der Waals surface area contributed by atoms with Crippen LogP contribution in [0.15, 0.2) is 0 Å². The molecular weight excluding hydrogens is 136 g/mol. The molecule has 0 saturated carbocycles. The number of ether oxygens (including phenoxy) is 3. The third kappa shape index (κ3) is 0.769. The smallest absolute Gasteiger partial charge is 0.186 e. The summed E-state index contributed by atoms with van der Waals surface area (Å²) in [5.74, 6) is 0. The van der Waals surface area contributed by atoms with Crippen LogP contribution in [-0.4, -0.2) is 43.4 Å². The summed E-state index contributed by atoms with van der Waals surface area (Å²) < 4.78 is 15.3. The lowest BCUT2D eigenvalue weighted by Crippen LogP contribution is -2.23. The van der Waals surface area contributed by atoms with Gasteiger partial charge in [0.15, 0.2) is 6.29 Å². The highest BCUT2D eigenvalue weighted by Crippen LogP contribution is 2.38. The van der Waals surface area contributed by atoms with Crippen LogP contribution in [0.1, 0.15) is 0 Å². The van der Waals surface area contributed by atoms with E-state index >= 15 is 0 Å². The Balaban J connectivity index is 1.95. The highest BCUT2D eigenvalue weighted by Gasteiger charge is 2.58. The third-order valence-corrected chi connectivity index (χ3v) is 1.92. The SMILES string of the molecule is CO[C@H]1O[C@H](CO)C2OC21. The number of aliphatic hydroxyl groups excluding tert-OH is 1. The molecule has 4 heteroatoms. The zero-order valence-electron chi connectivity index (χ0n) is 5.69. The molecule has 0 bridgehead atoms. The zero-order valence-corrected chi connectivity index (χ0v) is 5.69. The number of methoxy groups -OCH3 is 1. The molecule has 4 nitrogen and oxygen atoms in total. The van der Waals surface area contributed by atoms with Gasteiger partial charge in [-0.15, -0.1) is 0 Å². The van der Waals surface area contributed by atoms with Crippen LogP contribution in [0, 0.1) is 0 Å². The van der Waals surface area contributed by atoms with Gasteiger partial charge in [0.1, 0.15) is 18.3 Å². The maximum Gasteiger partial charge on any atom is 0.186 e. The van der Waals surface area contributed by atoms with Gasteiger partial charge in [-0.25, -0.2) is 0 Å². The summed E-state index contributed by atoms with van der Waals surface area (Å²) in [5.41, 5.74) is 0. The van der Waals surface area contributed by atoms with Crippen LogP contribution >= 0.6 is 0 Å². The van der Waals surface area contributed by atoms with Crippen molar-refractivity contribution in [3.8, 4) is 0 Å².